The Morgan fingerprint density at radius 3 is 2.77 bits per heavy atom. The lowest BCUT2D eigenvalue weighted by Crippen LogP contribution is -2.07. The Labute approximate surface area is 200 Å². The number of nitrogens with zero attached hydrogens (tertiary/aromatic N) is 3. The van der Waals surface area contributed by atoms with E-state index in [9.17, 15) is 18.6 Å². The van der Waals surface area contributed by atoms with Crippen molar-refractivity contribution in [3.63, 3.8) is 0 Å². The van der Waals surface area contributed by atoms with Gasteiger partial charge < -0.3 is 14.8 Å². The van der Waals surface area contributed by atoms with Gasteiger partial charge in [0.2, 0.25) is 11.9 Å². The summed E-state index contributed by atoms with van der Waals surface area (Å²) in [7, 11) is -4.24. The number of anilines is 1. The zero-order chi connectivity index (χ0) is 25.0. The molecule has 11 heteroatoms. The second kappa shape index (κ2) is 10.3. The number of fused-ring (bicyclic) bond motifs is 1. The first-order valence-corrected chi connectivity index (χ1v) is 12.1. The van der Waals surface area contributed by atoms with Crippen molar-refractivity contribution in [2.45, 2.75) is 13.7 Å². The van der Waals surface area contributed by atoms with Gasteiger partial charge in [-0.1, -0.05) is 18.7 Å². The fourth-order valence-corrected chi connectivity index (χ4v) is 4.20. The van der Waals surface area contributed by atoms with Crippen molar-refractivity contribution in [1.29, 1.82) is 0 Å². The molecule has 3 aromatic heterocycles. The normalized spacial score (nSPS) is 12.9. The topological polar surface area (TPSA) is 116 Å². The predicted octanol–water partition coefficient (Wildman–Crippen LogP) is 5.14. The molecule has 2 N–H and O–H groups in total. The lowest BCUT2D eigenvalue weighted by atomic mass is 10.0. The number of phosphoric ester groups is 1. The first-order valence-electron chi connectivity index (χ1n) is 10.6. The molecule has 3 heterocycles. The van der Waals surface area contributed by atoms with Gasteiger partial charge in [0, 0.05) is 46.9 Å². The van der Waals surface area contributed by atoms with E-state index in [4.69, 9.17) is 9.05 Å². The van der Waals surface area contributed by atoms with Gasteiger partial charge in [-0.05, 0) is 48.4 Å². The highest BCUT2D eigenvalue weighted by Crippen LogP contribution is 2.44. The van der Waals surface area contributed by atoms with Gasteiger partial charge in [0.15, 0.2) is 0 Å². The van der Waals surface area contributed by atoms with Crippen LogP contribution in [0, 0.1) is 5.95 Å². The molecule has 0 bridgehead atoms. The number of aromatic nitrogens is 3. The molecule has 4 aromatic rings. The summed E-state index contributed by atoms with van der Waals surface area (Å²) in [5.74, 6) is -0.978. The third-order valence-corrected chi connectivity index (χ3v) is 6.08. The van der Waals surface area contributed by atoms with E-state index in [1.54, 1.807) is 43.6 Å². The number of halogens is 1. The number of rotatable bonds is 9. The zero-order valence-corrected chi connectivity index (χ0v) is 19.6. The van der Waals surface area contributed by atoms with Crippen molar-refractivity contribution in [3.05, 3.63) is 79.7 Å². The van der Waals surface area contributed by atoms with E-state index in [-0.39, 0.29) is 19.2 Å². The maximum absolute atomic E-state index is 13.9. The molecule has 9 nitrogen and oxygen atoms in total. The summed E-state index contributed by atoms with van der Waals surface area (Å²) in [5.41, 5.74) is 3.74. The third kappa shape index (κ3) is 5.70. The predicted molar refractivity (Wildman–Crippen MR) is 130 cm³/mol. The van der Waals surface area contributed by atoms with Crippen molar-refractivity contribution >= 4 is 30.5 Å². The second-order valence-corrected chi connectivity index (χ2v) is 8.85. The standard InChI is InChI=1S/C24H22FN4O5P/c1-3-23(30)28-19-7-5-6-16(10-19)18-11-20-21(17-8-9-26-22(25)12-17)14-29(24(20)27-13-18)15-34-35(31,32)33-4-2/h3,5-14H,1,4,15H2,2H3,(H,28,30)(H,31,32). The summed E-state index contributed by atoms with van der Waals surface area (Å²) >= 11 is 0. The molecule has 0 saturated carbocycles. The fraction of sp³-hybridized carbons (Fsp3) is 0.125. The van der Waals surface area contributed by atoms with Gasteiger partial charge in [-0.2, -0.15) is 4.39 Å². The number of pyridine rings is 2. The van der Waals surface area contributed by atoms with Gasteiger partial charge in [0.25, 0.3) is 0 Å². The Balaban J connectivity index is 1.79. The first kappa shape index (κ1) is 24.4. The number of amides is 1. The lowest BCUT2D eigenvalue weighted by Gasteiger charge is -2.12. The van der Waals surface area contributed by atoms with Crippen LogP contribution >= 0.6 is 7.82 Å². The Kier molecular flexibility index (Phi) is 7.18. The molecular formula is C24H22FN4O5P. The molecule has 35 heavy (non-hydrogen) atoms. The Bertz CT molecular complexity index is 1460. The number of carbonyl (C=O) groups excluding carboxylic acids is 1. The Morgan fingerprint density at radius 2 is 2.03 bits per heavy atom. The van der Waals surface area contributed by atoms with Crippen LogP contribution in [0.4, 0.5) is 10.1 Å². The van der Waals surface area contributed by atoms with Gasteiger partial charge in [0.1, 0.15) is 12.4 Å². The maximum atomic E-state index is 13.9. The number of carbonyl (C=O) groups is 1. The minimum atomic E-state index is -4.24. The molecule has 0 fully saturated rings. The second-order valence-electron chi connectivity index (χ2n) is 7.39. The van der Waals surface area contributed by atoms with Gasteiger partial charge in [0.05, 0.1) is 6.61 Å². The van der Waals surface area contributed by atoms with Gasteiger partial charge in [-0.3, -0.25) is 13.8 Å². The highest BCUT2D eigenvalue weighted by Gasteiger charge is 2.22. The van der Waals surface area contributed by atoms with Crippen LogP contribution in [0.25, 0.3) is 33.3 Å². The van der Waals surface area contributed by atoms with Crippen molar-refractivity contribution in [1.82, 2.24) is 14.5 Å². The molecule has 1 amide bonds. The third-order valence-electron chi connectivity index (χ3n) is 5.05. The summed E-state index contributed by atoms with van der Waals surface area (Å²) in [6, 6.07) is 12.0. The molecule has 0 aliphatic rings. The zero-order valence-electron chi connectivity index (χ0n) is 18.7. The van der Waals surface area contributed by atoms with Crippen LogP contribution < -0.4 is 5.32 Å². The van der Waals surface area contributed by atoms with Crippen LogP contribution in [0.2, 0.25) is 0 Å². The summed E-state index contributed by atoms with van der Waals surface area (Å²) in [6.07, 6.45) is 5.82. The monoisotopic (exact) mass is 496 g/mol. The van der Waals surface area contributed by atoms with E-state index in [1.807, 2.05) is 12.1 Å². The Morgan fingerprint density at radius 1 is 1.20 bits per heavy atom. The molecule has 180 valence electrons. The molecular weight excluding hydrogens is 474 g/mol. The van der Waals surface area contributed by atoms with Crippen molar-refractivity contribution in [2.24, 2.45) is 0 Å². The molecule has 0 spiro atoms. The van der Waals surface area contributed by atoms with E-state index in [0.717, 1.165) is 11.1 Å². The number of nitrogens with one attached hydrogen (secondary N) is 1. The number of hydrogen-bond acceptors (Lipinski definition) is 6. The van der Waals surface area contributed by atoms with Gasteiger partial charge in [-0.15, -0.1) is 0 Å². The largest absolute Gasteiger partial charge is 0.473 e. The van der Waals surface area contributed by atoms with E-state index in [1.165, 1.54) is 22.9 Å². The fourth-order valence-electron chi connectivity index (χ4n) is 3.53. The number of benzene rings is 1. The highest BCUT2D eigenvalue weighted by atomic mass is 31.2. The molecule has 1 aromatic carbocycles. The quantitative estimate of drug-likeness (QED) is 0.187. The maximum Gasteiger partial charge on any atom is 0.473 e. The van der Waals surface area contributed by atoms with E-state index < -0.39 is 13.8 Å². The summed E-state index contributed by atoms with van der Waals surface area (Å²) in [6.45, 7) is 4.73. The lowest BCUT2D eigenvalue weighted by molar-refractivity contribution is -0.111. The van der Waals surface area contributed by atoms with Crippen molar-refractivity contribution < 1.29 is 27.7 Å². The minimum Gasteiger partial charge on any atom is -0.323 e. The van der Waals surface area contributed by atoms with E-state index >= 15 is 0 Å². The molecule has 0 saturated heterocycles. The number of hydrogen-bond donors (Lipinski definition) is 2. The van der Waals surface area contributed by atoms with Gasteiger partial charge >= 0.3 is 7.82 Å². The van der Waals surface area contributed by atoms with Crippen molar-refractivity contribution in [3.8, 4) is 22.3 Å². The van der Waals surface area contributed by atoms with Crippen LogP contribution in [-0.4, -0.2) is 31.9 Å². The molecule has 1 atom stereocenters. The van der Waals surface area contributed by atoms with Crippen LogP contribution in [-0.2, 0) is 25.1 Å². The average Bonchev–Trinajstić information content (AvgIpc) is 3.21. The molecule has 4 rings (SSSR count). The molecule has 0 radical (unpaired) electrons. The SMILES string of the molecule is C=CC(=O)Nc1cccc(-c2cnc3c(c2)c(-c2ccnc(F)c2)cn3COP(=O)(O)OCC)c1. The minimum absolute atomic E-state index is 0.00960. The summed E-state index contributed by atoms with van der Waals surface area (Å²) in [5, 5.41) is 3.37. The van der Waals surface area contributed by atoms with Crippen LogP contribution in [0.5, 0.6) is 0 Å². The van der Waals surface area contributed by atoms with E-state index in [0.29, 0.717) is 27.8 Å². The molecule has 0 aliphatic heterocycles. The van der Waals surface area contributed by atoms with Gasteiger partial charge in [-0.25, -0.2) is 14.5 Å². The van der Waals surface area contributed by atoms with Crippen LogP contribution in [0.15, 0.2) is 73.7 Å². The summed E-state index contributed by atoms with van der Waals surface area (Å²) < 4.78 is 37.3. The molecule has 0 aliphatic carbocycles. The molecule has 1 unspecified atom stereocenters. The first-order chi connectivity index (χ1) is 16.8. The van der Waals surface area contributed by atoms with E-state index in [2.05, 4.69) is 21.9 Å². The highest BCUT2D eigenvalue weighted by molar-refractivity contribution is 7.47. The summed E-state index contributed by atoms with van der Waals surface area (Å²) in [4.78, 5) is 29.6. The Hall–Kier alpha value is -3.69. The van der Waals surface area contributed by atoms with Crippen LogP contribution in [0.3, 0.4) is 0 Å². The number of phosphoric acid groups is 1. The smallest absolute Gasteiger partial charge is 0.323 e. The van der Waals surface area contributed by atoms with Crippen molar-refractivity contribution in [2.75, 3.05) is 11.9 Å². The van der Waals surface area contributed by atoms with Crippen LogP contribution in [0.1, 0.15) is 6.92 Å². The average molecular weight is 496 g/mol.